The van der Waals surface area contributed by atoms with Crippen molar-refractivity contribution in [3.05, 3.63) is 59.7 Å². The number of rotatable bonds is 11. The number of nitrogens with zero attached hydrogens (tertiary/aromatic N) is 1. The van der Waals surface area contributed by atoms with Crippen LogP contribution in [0.2, 0.25) is 0 Å². The first-order valence-electron chi connectivity index (χ1n) is 9.57. The van der Waals surface area contributed by atoms with Crippen molar-refractivity contribution in [3.8, 4) is 11.5 Å². The van der Waals surface area contributed by atoms with Crippen LogP contribution in [0.25, 0.3) is 0 Å². The fraction of sp³-hybridized carbons (Fsp3) is 0.455. The lowest BCUT2D eigenvalue weighted by atomic mass is 10.2. The van der Waals surface area contributed by atoms with Crippen LogP contribution < -0.4 is 14.8 Å². The number of hydrogen-bond donors (Lipinski definition) is 2. The van der Waals surface area contributed by atoms with E-state index in [0.717, 1.165) is 18.7 Å². The molecule has 5 nitrogen and oxygen atoms in total. The van der Waals surface area contributed by atoms with Crippen molar-refractivity contribution in [1.82, 2.24) is 10.2 Å². The molecular weight excluding hydrogens is 340 g/mol. The van der Waals surface area contributed by atoms with Crippen LogP contribution in [-0.2, 0) is 13.1 Å². The van der Waals surface area contributed by atoms with Crippen LogP contribution in [0.5, 0.6) is 11.5 Å². The van der Waals surface area contributed by atoms with Gasteiger partial charge in [-0.1, -0.05) is 36.4 Å². The smallest absolute Gasteiger partial charge is 0.161 e. The Kier molecular flexibility index (Phi) is 7.10. The van der Waals surface area contributed by atoms with Gasteiger partial charge in [-0.2, -0.15) is 0 Å². The minimum absolute atomic E-state index is 0.231. The summed E-state index contributed by atoms with van der Waals surface area (Å²) in [4.78, 5) is 2.09. The normalized spacial score (nSPS) is 15.0. The van der Waals surface area contributed by atoms with E-state index >= 15 is 0 Å². The quantitative estimate of drug-likeness (QED) is 0.637. The Morgan fingerprint density at radius 2 is 1.89 bits per heavy atom. The Labute approximate surface area is 161 Å². The lowest BCUT2D eigenvalue weighted by Gasteiger charge is -2.21. The average molecular weight is 370 g/mol. The van der Waals surface area contributed by atoms with Crippen LogP contribution >= 0.6 is 0 Å². The van der Waals surface area contributed by atoms with E-state index in [1.165, 1.54) is 18.4 Å². The monoisotopic (exact) mass is 370 g/mol. The number of hydrogen-bond acceptors (Lipinski definition) is 5. The summed E-state index contributed by atoms with van der Waals surface area (Å²) in [6.45, 7) is 2.39. The van der Waals surface area contributed by atoms with Crippen LogP contribution in [0.15, 0.2) is 48.5 Å². The highest BCUT2D eigenvalue weighted by Gasteiger charge is 2.20. The van der Waals surface area contributed by atoms with E-state index in [1.807, 2.05) is 43.4 Å². The molecule has 2 aromatic carbocycles. The third kappa shape index (κ3) is 6.54. The van der Waals surface area contributed by atoms with Crippen molar-refractivity contribution in [3.63, 3.8) is 0 Å². The molecule has 0 amide bonds. The van der Waals surface area contributed by atoms with Crippen molar-refractivity contribution in [1.29, 1.82) is 0 Å². The van der Waals surface area contributed by atoms with Gasteiger partial charge in [0.1, 0.15) is 12.7 Å². The molecule has 0 aliphatic heterocycles. The molecule has 5 heteroatoms. The highest BCUT2D eigenvalue weighted by atomic mass is 16.5. The zero-order valence-electron chi connectivity index (χ0n) is 16.2. The van der Waals surface area contributed by atoms with Gasteiger partial charge in [-0.3, -0.25) is 4.90 Å². The molecule has 2 N–H and O–H groups in total. The van der Waals surface area contributed by atoms with Crippen molar-refractivity contribution in [2.24, 2.45) is 0 Å². The van der Waals surface area contributed by atoms with Gasteiger partial charge in [0, 0.05) is 25.7 Å². The number of methoxy groups -OCH3 is 1. The first kappa shape index (κ1) is 19.7. The Balaban J connectivity index is 1.49. The Hall–Kier alpha value is -2.08. The van der Waals surface area contributed by atoms with Crippen LogP contribution in [-0.4, -0.2) is 49.5 Å². The van der Waals surface area contributed by atoms with E-state index in [0.29, 0.717) is 24.1 Å². The van der Waals surface area contributed by atoms with Gasteiger partial charge in [0.2, 0.25) is 0 Å². The van der Waals surface area contributed by atoms with E-state index in [1.54, 1.807) is 7.11 Å². The predicted octanol–water partition coefficient (Wildman–Crippen LogP) is 2.82. The SMILES string of the molecule is COc1ccc(CNC2CC2)cc1OCC(O)CN(C)Cc1ccccc1. The maximum Gasteiger partial charge on any atom is 0.161 e. The second kappa shape index (κ2) is 9.74. The van der Waals surface area contributed by atoms with Crippen LogP contribution in [0, 0.1) is 0 Å². The molecule has 0 heterocycles. The van der Waals surface area contributed by atoms with Gasteiger partial charge in [0.05, 0.1) is 7.11 Å². The van der Waals surface area contributed by atoms with E-state index < -0.39 is 6.10 Å². The largest absolute Gasteiger partial charge is 0.493 e. The van der Waals surface area contributed by atoms with Gasteiger partial charge in [0.25, 0.3) is 0 Å². The van der Waals surface area contributed by atoms with Crippen molar-refractivity contribution in [2.75, 3.05) is 27.3 Å². The van der Waals surface area contributed by atoms with Gasteiger partial charge in [-0.05, 0) is 43.1 Å². The average Bonchev–Trinajstić information content (AvgIpc) is 3.50. The summed E-state index contributed by atoms with van der Waals surface area (Å²) in [5.74, 6) is 1.37. The number of likely N-dealkylation sites (N-methyl/N-ethyl adjacent to an activating group) is 1. The fourth-order valence-corrected chi connectivity index (χ4v) is 3.05. The molecular formula is C22H30N2O3. The first-order chi connectivity index (χ1) is 13.1. The molecule has 1 aliphatic carbocycles. The molecule has 0 spiro atoms. The molecule has 1 aliphatic rings. The Bertz CT molecular complexity index is 704. The lowest BCUT2D eigenvalue weighted by Crippen LogP contribution is -2.32. The molecule has 1 fully saturated rings. The number of ether oxygens (including phenoxy) is 2. The van der Waals surface area contributed by atoms with Gasteiger partial charge in [-0.25, -0.2) is 0 Å². The molecule has 1 saturated carbocycles. The maximum atomic E-state index is 10.4. The summed E-state index contributed by atoms with van der Waals surface area (Å²) in [6, 6.07) is 16.9. The second-order valence-electron chi connectivity index (χ2n) is 7.29. The summed E-state index contributed by atoms with van der Waals surface area (Å²) in [7, 11) is 3.63. The van der Waals surface area contributed by atoms with Gasteiger partial charge in [-0.15, -0.1) is 0 Å². The van der Waals surface area contributed by atoms with Gasteiger partial charge in [0.15, 0.2) is 11.5 Å². The van der Waals surface area contributed by atoms with Gasteiger partial charge >= 0.3 is 0 Å². The van der Waals surface area contributed by atoms with Crippen LogP contribution in [0.1, 0.15) is 24.0 Å². The third-order valence-electron chi connectivity index (χ3n) is 4.65. The van der Waals surface area contributed by atoms with E-state index in [9.17, 15) is 5.11 Å². The minimum atomic E-state index is -0.573. The Morgan fingerprint density at radius 3 is 2.59 bits per heavy atom. The number of aliphatic hydroxyl groups is 1. The van der Waals surface area contributed by atoms with E-state index in [2.05, 4.69) is 22.3 Å². The summed E-state index contributed by atoms with van der Waals surface area (Å²) in [5.41, 5.74) is 2.39. The first-order valence-corrected chi connectivity index (χ1v) is 9.57. The van der Waals surface area contributed by atoms with Crippen molar-refractivity contribution >= 4 is 0 Å². The van der Waals surface area contributed by atoms with E-state index in [-0.39, 0.29) is 6.61 Å². The molecule has 0 radical (unpaired) electrons. The summed E-state index contributed by atoms with van der Waals surface area (Å²) in [6.07, 6.45) is 1.96. The molecule has 1 unspecified atom stereocenters. The molecule has 27 heavy (non-hydrogen) atoms. The van der Waals surface area contributed by atoms with E-state index in [4.69, 9.17) is 9.47 Å². The maximum absolute atomic E-state index is 10.4. The standard InChI is InChI=1S/C22H30N2O3/c1-24(14-17-6-4-3-5-7-17)15-20(25)16-27-22-12-18(8-11-21(22)26-2)13-23-19-9-10-19/h3-8,11-12,19-20,23,25H,9-10,13-16H2,1-2H3. The molecule has 2 aromatic rings. The lowest BCUT2D eigenvalue weighted by molar-refractivity contribution is 0.0732. The number of nitrogens with one attached hydrogen (secondary N) is 1. The Morgan fingerprint density at radius 1 is 1.11 bits per heavy atom. The zero-order chi connectivity index (χ0) is 19.1. The molecule has 0 bridgehead atoms. The predicted molar refractivity (Wildman–Crippen MR) is 107 cm³/mol. The third-order valence-corrected chi connectivity index (χ3v) is 4.65. The molecule has 146 valence electrons. The summed E-state index contributed by atoms with van der Waals surface area (Å²) >= 11 is 0. The van der Waals surface area contributed by atoms with Crippen LogP contribution in [0.3, 0.4) is 0 Å². The highest BCUT2D eigenvalue weighted by Crippen LogP contribution is 2.29. The van der Waals surface area contributed by atoms with Crippen LogP contribution in [0.4, 0.5) is 0 Å². The minimum Gasteiger partial charge on any atom is -0.493 e. The molecule has 0 aromatic heterocycles. The highest BCUT2D eigenvalue weighted by molar-refractivity contribution is 5.43. The second-order valence-corrected chi connectivity index (χ2v) is 7.29. The molecule has 3 rings (SSSR count). The molecule has 1 atom stereocenters. The summed E-state index contributed by atoms with van der Waals surface area (Å²) in [5, 5.41) is 13.9. The van der Waals surface area contributed by atoms with Crippen molar-refractivity contribution < 1.29 is 14.6 Å². The number of aliphatic hydroxyl groups excluding tert-OH is 1. The number of benzene rings is 2. The molecule has 0 saturated heterocycles. The summed E-state index contributed by atoms with van der Waals surface area (Å²) < 4.78 is 11.3. The van der Waals surface area contributed by atoms with Crippen molar-refractivity contribution in [2.45, 2.75) is 38.1 Å². The fourth-order valence-electron chi connectivity index (χ4n) is 3.05. The topological polar surface area (TPSA) is 54.0 Å². The zero-order valence-corrected chi connectivity index (χ0v) is 16.2. The van der Waals surface area contributed by atoms with Gasteiger partial charge < -0.3 is 19.9 Å².